The summed E-state index contributed by atoms with van der Waals surface area (Å²) in [6.07, 6.45) is 3.52. The third-order valence-corrected chi connectivity index (χ3v) is 5.04. The molecule has 0 aliphatic heterocycles. The molecule has 2 aromatic heterocycles. The van der Waals surface area contributed by atoms with Gasteiger partial charge in [-0.15, -0.1) is 0 Å². The van der Waals surface area contributed by atoms with Gasteiger partial charge in [0.2, 0.25) is 11.8 Å². The Morgan fingerprint density at radius 1 is 1.42 bits per heavy atom. The molecule has 138 valence electrons. The highest BCUT2D eigenvalue weighted by atomic mass is 32.2. The number of aromatic nitrogens is 3. The Kier molecular flexibility index (Phi) is 5.16. The van der Waals surface area contributed by atoms with Crippen LogP contribution in [0.2, 0.25) is 0 Å². The Hall–Kier alpha value is -2.56. The van der Waals surface area contributed by atoms with E-state index in [0.29, 0.717) is 23.6 Å². The van der Waals surface area contributed by atoms with E-state index in [1.165, 1.54) is 6.92 Å². The van der Waals surface area contributed by atoms with Gasteiger partial charge in [-0.25, -0.2) is 14.7 Å². The van der Waals surface area contributed by atoms with Gasteiger partial charge in [0.05, 0.1) is 22.9 Å². The molecule has 10 heteroatoms. The van der Waals surface area contributed by atoms with Gasteiger partial charge < -0.3 is 8.97 Å². The number of hydrogen-bond donors (Lipinski definition) is 3. The van der Waals surface area contributed by atoms with Crippen LogP contribution in [0.3, 0.4) is 0 Å². The van der Waals surface area contributed by atoms with Gasteiger partial charge in [-0.1, -0.05) is 12.1 Å². The predicted molar refractivity (Wildman–Crippen MR) is 93.5 cm³/mol. The van der Waals surface area contributed by atoms with Gasteiger partial charge in [0.15, 0.2) is 16.7 Å². The predicted octanol–water partition coefficient (Wildman–Crippen LogP) is 1.81. The van der Waals surface area contributed by atoms with E-state index in [-0.39, 0.29) is 12.2 Å². The summed E-state index contributed by atoms with van der Waals surface area (Å²) in [5.74, 6) is -0.574. The van der Waals surface area contributed by atoms with Crippen molar-refractivity contribution in [1.29, 1.82) is 0 Å². The van der Waals surface area contributed by atoms with Crippen molar-refractivity contribution >= 4 is 28.1 Å². The maximum absolute atomic E-state index is 11.9. The van der Waals surface area contributed by atoms with E-state index in [4.69, 9.17) is 14.2 Å². The maximum Gasteiger partial charge on any atom is 0.250 e. The van der Waals surface area contributed by atoms with Crippen LogP contribution in [-0.2, 0) is 22.4 Å². The highest BCUT2D eigenvalue weighted by Gasteiger charge is 2.35. The minimum Gasteiger partial charge on any atom is -0.436 e. The molecule has 3 aromatic rings. The number of nitrogens with one attached hydrogen (secondary N) is 1. The number of nitrogens with zero attached hydrogens (tertiary/aromatic N) is 3. The van der Waals surface area contributed by atoms with Gasteiger partial charge in [0.1, 0.15) is 5.52 Å². The number of aryl methyl sites for hydroxylation is 1. The molecule has 2 atom stereocenters. The van der Waals surface area contributed by atoms with E-state index >= 15 is 0 Å². The van der Waals surface area contributed by atoms with Crippen molar-refractivity contribution in [2.24, 2.45) is 5.41 Å². The van der Waals surface area contributed by atoms with E-state index in [0.717, 1.165) is 5.52 Å². The molecule has 0 saturated carbocycles. The van der Waals surface area contributed by atoms with Crippen molar-refractivity contribution in [1.82, 2.24) is 20.2 Å². The molecule has 3 rings (SSSR count). The highest BCUT2D eigenvalue weighted by molar-refractivity contribution is 7.79. The lowest BCUT2D eigenvalue weighted by Gasteiger charge is -2.25. The quantitative estimate of drug-likeness (QED) is 0.325. The zero-order valence-electron chi connectivity index (χ0n) is 14.0. The molecule has 0 aliphatic rings. The van der Waals surface area contributed by atoms with Crippen LogP contribution in [0, 0.1) is 5.41 Å². The number of amides is 1. The van der Waals surface area contributed by atoms with Crippen molar-refractivity contribution in [3.63, 3.8) is 0 Å². The highest BCUT2D eigenvalue weighted by Crippen LogP contribution is 2.26. The molecule has 0 radical (unpaired) electrons. The van der Waals surface area contributed by atoms with E-state index in [2.05, 4.69) is 10.1 Å². The first-order valence-electron chi connectivity index (χ1n) is 7.82. The zero-order valence-corrected chi connectivity index (χ0v) is 14.8. The minimum absolute atomic E-state index is 0.209. The molecule has 26 heavy (non-hydrogen) atoms. The average Bonchev–Trinajstić information content (AvgIpc) is 3.25. The minimum atomic E-state index is -2.18. The number of fused-ring (bicyclic) bond motifs is 1. The molecule has 0 saturated heterocycles. The zero-order chi connectivity index (χ0) is 18.7. The number of rotatable bonds is 7. The van der Waals surface area contributed by atoms with Crippen LogP contribution in [0.5, 0.6) is 0 Å². The molecule has 0 aliphatic carbocycles. The SMILES string of the molecule is C[C@](CCn1cc(-c2nc3ccccc3o2)cn1)(CS(=O)O)C(=O)NO. The summed E-state index contributed by atoms with van der Waals surface area (Å²) in [4.78, 5) is 16.3. The van der Waals surface area contributed by atoms with Gasteiger partial charge in [0.25, 0.3) is 0 Å². The molecule has 0 spiro atoms. The van der Waals surface area contributed by atoms with E-state index in [1.54, 1.807) is 22.6 Å². The summed E-state index contributed by atoms with van der Waals surface area (Å²) in [6.45, 7) is 1.82. The van der Waals surface area contributed by atoms with Gasteiger partial charge >= 0.3 is 0 Å². The smallest absolute Gasteiger partial charge is 0.250 e. The second-order valence-electron chi connectivity index (χ2n) is 6.20. The molecule has 1 amide bonds. The molecule has 0 bridgehead atoms. The number of carbonyl (C=O) groups excluding carboxylic acids is 1. The lowest BCUT2D eigenvalue weighted by molar-refractivity contribution is -0.138. The van der Waals surface area contributed by atoms with Crippen molar-refractivity contribution in [2.45, 2.75) is 19.9 Å². The van der Waals surface area contributed by atoms with Crippen molar-refractivity contribution in [3.8, 4) is 11.5 Å². The summed E-state index contributed by atoms with van der Waals surface area (Å²) in [7, 11) is 0. The fraction of sp³-hybridized carbons (Fsp3) is 0.312. The lowest BCUT2D eigenvalue weighted by Crippen LogP contribution is -2.42. The molecule has 2 heterocycles. The van der Waals surface area contributed by atoms with Crippen LogP contribution in [0.25, 0.3) is 22.6 Å². The second-order valence-corrected chi connectivity index (χ2v) is 7.13. The first kappa shape index (κ1) is 18.2. The Balaban J connectivity index is 1.75. The number of benzene rings is 1. The first-order chi connectivity index (χ1) is 12.4. The van der Waals surface area contributed by atoms with Crippen LogP contribution in [0.15, 0.2) is 41.1 Å². The van der Waals surface area contributed by atoms with Gasteiger partial charge in [-0.05, 0) is 25.5 Å². The Morgan fingerprint density at radius 2 is 2.19 bits per heavy atom. The first-order valence-corrected chi connectivity index (χ1v) is 9.09. The normalized spacial score (nSPS) is 14.9. The summed E-state index contributed by atoms with van der Waals surface area (Å²) < 4.78 is 27.5. The van der Waals surface area contributed by atoms with Gasteiger partial charge in [-0.2, -0.15) is 5.10 Å². The monoisotopic (exact) mass is 378 g/mol. The standard InChI is InChI=1S/C16H18N4O5S/c1-16(10-26(23)24,15(21)19-22)6-7-20-9-11(8-17-20)14-18-12-4-2-3-5-13(12)25-14/h2-5,8-9,22H,6-7,10H2,1H3,(H,19,21)(H,23,24)/t16-/m0/s1. The number of hydroxylamine groups is 1. The van der Waals surface area contributed by atoms with Crippen LogP contribution in [0.4, 0.5) is 0 Å². The largest absolute Gasteiger partial charge is 0.436 e. The van der Waals surface area contributed by atoms with Crippen LogP contribution in [-0.4, -0.2) is 40.4 Å². The maximum atomic E-state index is 11.9. The fourth-order valence-corrected chi connectivity index (χ4v) is 3.43. The molecule has 3 N–H and O–H groups in total. The van der Waals surface area contributed by atoms with Crippen molar-refractivity contribution < 1.29 is 23.2 Å². The van der Waals surface area contributed by atoms with Gasteiger partial charge in [-0.3, -0.25) is 14.7 Å². The molecule has 9 nitrogen and oxygen atoms in total. The van der Waals surface area contributed by atoms with Crippen LogP contribution in [0.1, 0.15) is 13.3 Å². The molecule has 1 aromatic carbocycles. The van der Waals surface area contributed by atoms with Crippen LogP contribution >= 0.6 is 0 Å². The molecular formula is C16H18N4O5S. The Labute approximate surface area is 151 Å². The number of oxazole rings is 1. The summed E-state index contributed by atoms with van der Waals surface area (Å²) in [6, 6.07) is 7.40. The van der Waals surface area contributed by atoms with E-state index < -0.39 is 22.4 Å². The number of carbonyl (C=O) groups is 1. The molecular weight excluding hydrogens is 360 g/mol. The van der Waals surface area contributed by atoms with Crippen LogP contribution < -0.4 is 5.48 Å². The molecule has 1 unspecified atom stereocenters. The third kappa shape index (κ3) is 3.82. The average molecular weight is 378 g/mol. The van der Waals surface area contributed by atoms with E-state index in [1.807, 2.05) is 24.3 Å². The number of hydrogen-bond acceptors (Lipinski definition) is 6. The summed E-state index contributed by atoms with van der Waals surface area (Å²) >= 11 is -2.18. The Morgan fingerprint density at radius 3 is 2.88 bits per heavy atom. The molecule has 0 fully saturated rings. The summed E-state index contributed by atoms with van der Waals surface area (Å²) in [5, 5.41) is 13.1. The second kappa shape index (κ2) is 7.36. The topological polar surface area (TPSA) is 130 Å². The Bertz CT molecular complexity index is 920. The van der Waals surface area contributed by atoms with Gasteiger partial charge in [0, 0.05) is 12.7 Å². The van der Waals surface area contributed by atoms with Crippen molar-refractivity contribution in [3.05, 3.63) is 36.7 Å². The van der Waals surface area contributed by atoms with Crippen molar-refractivity contribution in [2.75, 3.05) is 5.75 Å². The third-order valence-electron chi connectivity index (χ3n) is 4.16. The lowest BCUT2D eigenvalue weighted by atomic mass is 9.88. The number of para-hydroxylation sites is 2. The fourth-order valence-electron chi connectivity index (χ4n) is 2.61. The summed E-state index contributed by atoms with van der Waals surface area (Å²) in [5.41, 5.74) is 2.44. The van der Waals surface area contributed by atoms with E-state index in [9.17, 15) is 9.00 Å².